The Kier molecular flexibility index (Phi) is 4.22. The van der Waals surface area contributed by atoms with Gasteiger partial charge in [-0.15, -0.1) is 0 Å². The molecule has 104 valence electrons. The van der Waals surface area contributed by atoms with Crippen molar-refractivity contribution in [2.24, 2.45) is 0 Å². The van der Waals surface area contributed by atoms with Crippen LogP contribution in [0.3, 0.4) is 0 Å². The van der Waals surface area contributed by atoms with Crippen molar-refractivity contribution in [2.75, 3.05) is 6.61 Å². The van der Waals surface area contributed by atoms with Gasteiger partial charge in [-0.3, -0.25) is 4.79 Å². The molecule has 1 unspecified atom stereocenters. The standard InChI is InChI=1S/C15H22N2O2/c1-3-15(2,10-18)17-14(19)13-8-11-6-4-5-7-12(11)9-16-13/h4-7,13,16,18H,3,8-10H2,1-2H3,(H,17,19)/t13-,15?/m0/s1. The van der Waals surface area contributed by atoms with E-state index >= 15 is 0 Å². The minimum Gasteiger partial charge on any atom is -0.394 e. The highest BCUT2D eigenvalue weighted by Crippen LogP contribution is 2.17. The van der Waals surface area contributed by atoms with Crippen molar-refractivity contribution in [1.82, 2.24) is 10.6 Å². The third-order valence-corrected chi connectivity index (χ3v) is 3.95. The molecule has 2 atom stereocenters. The molecule has 0 saturated heterocycles. The smallest absolute Gasteiger partial charge is 0.237 e. The fourth-order valence-corrected chi connectivity index (χ4v) is 2.26. The van der Waals surface area contributed by atoms with Crippen molar-refractivity contribution in [3.05, 3.63) is 35.4 Å². The molecule has 0 aromatic heterocycles. The molecule has 0 saturated carbocycles. The van der Waals surface area contributed by atoms with Gasteiger partial charge >= 0.3 is 0 Å². The first kappa shape index (κ1) is 14.0. The van der Waals surface area contributed by atoms with Gasteiger partial charge in [0.25, 0.3) is 0 Å². The van der Waals surface area contributed by atoms with E-state index in [1.54, 1.807) is 0 Å². The van der Waals surface area contributed by atoms with Crippen LogP contribution in [0.15, 0.2) is 24.3 Å². The van der Waals surface area contributed by atoms with Crippen LogP contribution in [-0.2, 0) is 17.8 Å². The molecule has 1 aromatic carbocycles. The molecule has 3 N–H and O–H groups in total. The van der Waals surface area contributed by atoms with Crippen LogP contribution in [-0.4, -0.2) is 29.2 Å². The largest absolute Gasteiger partial charge is 0.394 e. The average molecular weight is 262 g/mol. The molecular formula is C15H22N2O2. The van der Waals surface area contributed by atoms with Crippen molar-refractivity contribution < 1.29 is 9.90 Å². The van der Waals surface area contributed by atoms with Gasteiger partial charge in [0.15, 0.2) is 0 Å². The Morgan fingerprint density at radius 3 is 2.79 bits per heavy atom. The number of rotatable bonds is 4. The van der Waals surface area contributed by atoms with Gasteiger partial charge < -0.3 is 15.7 Å². The van der Waals surface area contributed by atoms with Crippen LogP contribution < -0.4 is 10.6 Å². The average Bonchev–Trinajstić information content (AvgIpc) is 2.46. The summed E-state index contributed by atoms with van der Waals surface area (Å²) in [5.74, 6) is -0.0343. The summed E-state index contributed by atoms with van der Waals surface area (Å²) in [4.78, 5) is 12.3. The number of fused-ring (bicyclic) bond motifs is 1. The van der Waals surface area contributed by atoms with Crippen LogP contribution in [0.1, 0.15) is 31.4 Å². The second kappa shape index (κ2) is 5.72. The predicted molar refractivity (Wildman–Crippen MR) is 74.7 cm³/mol. The van der Waals surface area contributed by atoms with E-state index in [2.05, 4.69) is 22.8 Å². The topological polar surface area (TPSA) is 61.4 Å². The van der Waals surface area contributed by atoms with Crippen molar-refractivity contribution in [3.8, 4) is 0 Å². The summed E-state index contributed by atoms with van der Waals surface area (Å²) in [6, 6.07) is 7.96. The lowest BCUT2D eigenvalue weighted by Crippen LogP contribution is -2.56. The number of aliphatic hydroxyl groups excluding tert-OH is 1. The van der Waals surface area contributed by atoms with Crippen molar-refractivity contribution in [2.45, 2.75) is 44.8 Å². The summed E-state index contributed by atoms with van der Waals surface area (Å²) < 4.78 is 0. The van der Waals surface area contributed by atoms with Gasteiger partial charge in [0, 0.05) is 6.54 Å². The number of carbonyl (C=O) groups excluding carboxylic acids is 1. The molecule has 1 aliphatic heterocycles. The molecule has 1 aromatic rings. The van der Waals surface area contributed by atoms with Gasteiger partial charge in [-0.2, -0.15) is 0 Å². The molecule has 0 aliphatic carbocycles. The molecule has 4 nitrogen and oxygen atoms in total. The maximum Gasteiger partial charge on any atom is 0.237 e. The maximum absolute atomic E-state index is 12.3. The highest BCUT2D eigenvalue weighted by Gasteiger charge is 2.29. The van der Waals surface area contributed by atoms with Crippen molar-refractivity contribution in [1.29, 1.82) is 0 Å². The highest BCUT2D eigenvalue weighted by molar-refractivity contribution is 5.83. The highest BCUT2D eigenvalue weighted by atomic mass is 16.3. The zero-order valence-electron chi connectivity index (χ0n) is 11.6. The van der Waals surface area contributed by atoms with Gasteiger partial charge in [-0.05, 0) is 30.9 Å². The molecule has 0 bridgehead atoms. The fourth-order valence-electron chi connectivity index (χ4n) is 2.26. The number of carbonyl (C=O) groups is 1. The number of hydrogen-bond acceptors (Lipinski definition) is 3. The second-order valence-electron chi connectivity index (χ2n) is 5.47. The van der Waals surface area contributed by atoms with Gasteiger partial charge in [-0.25, -0.2) is 0 Å². The van der Waals surface area contributed by atoms with Gasteiger partial charge in [0.05, 0.1) is 18.2 Å². The Labute approximate surface area is 114 Å². The van der Waals surface area contributed by atoms with E-state index in [4.69, 9.17) is 0 Å². The third kappa shape index (κ3) is 3.14. The van der Waals surface area contributed by atoms with Gasteiger partial charge in [0.1, 0.15) is 0 Å². The van der Waals surface area contributed by atoms with Crippen LogP contribution in [0.2, 0.25) is 0 Å². The minimum atomic E-state index is -0.532. The van der Waals surface area contributed by atoms with E-state index in [-0.39, 0.29) is 18.6 Å². The Morgan fingerprint density at radius 2 is 2.16 bits per heavy atom. The lowest BCUT2D eigenvalue weighted by atomic mass is 9.94. The maximum atomic E-state index is 12.3. The van der Waals surface area contributed by atoms with Crippen molar-refractivity contribution >= 4 is 5.91 Å². The van der Waals surface area contributed by atoms with Crippen LogP contribution in [0.4, 0.5) is 0 Å². The summed E-state index contributed by atoms with van der Waals surface area (Å²) >= 11 is 0. The fraction of sp³-hybridized carbons (Fsp3) is 0.533. The first-order valence-corrected chi connectivity index (χ1v) is 6.81. The molecule has 0 radical (unpaired) electrons. The normalized spacial score (nSPS) is 21.3. The van der Waals surface area contributed by atoms with Crippen LogP contribution in [0.5, 0.6) is 0 Å². The van der Waals surface area contributed by atoms with E-state index in [1.165, 1.54) is 11.1 Å². The molecular weight excluding hydrogens is 240 g/mol. The molecule has 1 amide bonds. The molecule has 4 heteroatoms. The molecule has 2 rings (SSSR count). The zero-order valence-corrected chi connectivity index (χ0v) is 11.6. The number of aliphatic hydroxyl groups is 1. The van der Waals surface area contributed by atoms with Gasteiger partial charge in [-0.1, -0.05) is 31.2 Å². The molecule has 0 spiro atoms. The summed E-state index contributed by atoms with van der Waals surface area (Å²) in [5, 5.41) is 15.5. The summed E-state index contributed by atoms with van der Waals surface area (Å²) in [6.45, 7) is 4.50. The van der Waals surface area contributed by atoms with Crippen molar-refractivity contribution in [3.63, 3.8) is 0 Å². The van der Waals surface area contributed by atoms with Gasteiger partial charge in [0.2, 0.25) is 5.91 Å². The first-order valence-electron chi connectivity index (χ1n) is 6.81. The van der Waals surface area contributed by atoms with Crippen LogP contribution >= 0.6 is 0 Å². The number of hydrogen-bond donors (Lipinski definition) is 3. The van der Waals surface area contributed by atoms with Crippen LogP contribution in [0.25, 0.3) is 0 Å². The molecule has 19 heavy (non-hydrogen) atoms. The monoisotopic (exact) mass is 262 g/mol. The van der Waals surface area contributed by atoms with Crippen LogP contribution in [0, 0.1) is 0 Å². The first-order chi connectivity index (χ1) is 9.08. The Balaban J connectivity index is 2.03. The number of amides is 1. The Hall–Kier alpha value is -1.39. The summed E-state index contributed by atoms with van der Waals surface area (Å²) in [6.07, 6.45) is 1.41. The van der Waals surface area contributed by atoms with E-state index in [1.807, 2.05) is 26.0 Å². The Morgan fingerprint density at radius 1 is 1.47 bits per heavy atom. The lowest BCUT2D eigenvalue weighted by molar-refractivity contribution is -0.125. The molecule has 0 fully saturated rings. The summed E-state index contributed by atoms with van der Waals surface area (Å²) in [7, 11) is 0. The second-order valence-corrected chi connectivity index (χ2v) is 5.47. The quantitative estimate of drug-likeness (QED) is 0.758. The van der Waals surface area contributed by atoms with E-state index in [0.29, 0.717) is 12.8 Å². The van der Waals surface area contributed by atoms with E-state index in [9.17, 15) is 9.90 Å². The Bertz CT molecular complexity index is 455. The van der Waals surface area contributed by atoms with E-state index in [0.717, 1.165) is 6.54 Å². The zero-order chi connectivity index (χ0) is 13.9. The number of nitrogens with one attached hydrogen (secondary N) is 2. The number of benzene rings is 1. The summed E-state index contributed by atoms with van der Waals surface area (Å²) in [5.41, 5.74) is 1.95. The third-order valence-electron chi connectivity index (χ3n) is 3.95. The molecule has 1 aliphatic rings. The SMILES string of the molecule is CCC(C)(CO)NC(=O)[C@@H]1Cc2ccccc2CN1. The predicted octanol–water partition coefficient (Wildman–Crippen LogP) is 0.978. The minimum absolute atomic E-state index is 0.0343. The van der Waals surface area contributed by atoms with E-state index < -0.39 is 5.54 Å². The molecule has 1 heterocycles. The lowest BCUT2D eigenvalue weighted by Gasteiger charge is -2.32.